The monoisotopic (exact) mass is 364 g/mol. The molecular formula is C19H25ClN2OS. The van der Waals surface area contributed by atoms with Crippen molar-refractivity contribution in [2.24, 2.45) is 0 Å². The molecule has 0 spiro atoms. The second-order valence-corrected chi connectivity index (χ2v) is 7.08. The van der Waals surface area contributed by atoms with Crippen molar-refractivity contribution in [3.63, 3.8) is 0 Å². The average Bonchev–Trinajstić information content (AvgIpc) is 3.11. The maximum Gasteiger partial charge on any atom is 0.220 e. The van der Waals surface area contributed by atoms with Crippen LogP contribution in [0, 0.1) is 0 Å². The number of likely N-dealkylation sites (N-methyl/N-ethyl adjacent to an activating group) is 1. The first-order valence-corrected chi connectivity index (χ1v) is 9.69. The summed E-state index contributed by atoms with van der Waals surface area (Å²) in [4.78, 5) is 15.8. The van der Waals surface area contributed by atoms with Gasteiger partial charge in [-0.05, 0) is 42.6 Å². The zero-order valence-electron chi connectivity index (χ0n) is 14.3. The predicted octanol–water partition coefficient (Wildman–Crippen LogP) is 4.53. The fraction of sp³-hybridized carbons (Fsp3) is 0.421. The third kappa shape index (κ3) is 5.33. The number of benzene rings is 1. The molecule has 1 heterocycles. The lowest BCUT2D eigenvalue weighted by atomic mass is 10.0. The molecule has 1 atom stereocenters. The largest absolute Gasteiger partial charge is 0.354 e. The van der Waals surface area contributed by atoms with E-state index in [0.717, 1.165) is 30.1 Å². The lowest BCUT2D eigenvalue weighted by Crippen LogP contribution is -2.38. The van der Waals surface area contributed by atoms with Crippen LogP contribution in [0.15, 0.2) is 41.8 Å². The van der Waals surface area contributed by atoms with Crippen LogP contribution < -0.4 is 5.32 Å². The van der Waals surface area contributed by atoms with Crippen LogP contribution in [0.4, 0.5) is 0 Å². The standard InChI is InChI=1S/C19H25ClN2OS/c1-3-22(4-2)18(16-9-5-6-10-17(16)20)14-21-19(23)12-11-15-8-7-13-24-15/h5-10,13,18H,3-4,11-12,14H2,1-2H3,(H,21,23). The number of hydrogen-bond acceptors (Lipinski definition) is 3. The summed E-state index contributed by atoms with van der Waals surface area (Å²) < 4.78 is 0. The Hall–Kier alpha value is -1.36. The molecule has 0 saturated heterocycles. The molecule has 2 rings (SSSR count). The molecular weight excluding hydrogens is 340 g/mol. The molecule has 0 aliphatic carbocycles. The van der Waals surface area contributed by atoms with Gasteiger partial charge >= 0.3 is 0 Å². The first-order valence-electron chi connectivity index (χ1n) is 8.43. The van der Waals surface area contributed by atoms with Gasteiger partial charge in [-0.2, -0.15) is 0 Å². The van der Waals surface area contributed by atoms with Crippen LogP contribution in [-0.4, -0.2) is 30.4 Å². The number of carbonyl (C=O) groups excluding carboxylic acids is 1. The molecule has 0 aliphatic rings. The maximum atomic E-state index is 12.2. The van der Waals surface area contributed by atoms with Gasteiger partial charge in [0.25, 0.3) is 0 Å². The van der Waals surface area contributed by atoms with Gasteiger partial charge in [0.05, 0.1) is 6.04 Å². The summed E-state index contributed by atoms with van der Waals surface area (Å²) in [6.45, 7) is 6.67. The van der Waals surface area contributed by atoms with Crippen LogP contribution in [-0.2, 0) is 11.2 Å². The molecule has 0 aliphatic heterocycles. The average molecular weight is 365 g/mol. The number of halogens is 1. The number of carbonyl (C=O) groups is 1. The Morgan fingerprint density at radius 3 is 2.58 bits per heavy atom. The summed E-state index contributed by atoms with van der Waals surface area (Å²) in [5.74, 6) is 0.0904. The first kappa shape index (κ1) is 19.0. The van der Waals surface area contributed by atoms with Crippen molar-refractivity contribution in [2.75, 3.05) is 19.6 Å². The van der Waals surface area contributed by atoms with E-state index in [-0.39, 0.29) is 11.9 Å². The lowest BCUT2D eigenvalue weighted by molar-refractivity contribution is -0.121. The van der Waals surface area contributed by atoms with Gasteiger partial charge in [0, 0.05) is 22.9 Å². The van der Waals surface area contributed by atoms with E-state index < -0.39 is 0 Å². The van der Waals surface area contributed by atoms with E-state index >= 15 is 0 Å². The summed E-state index contributed by atoms with van der Waals surface area (Å²) in [5, 5.41) is 5.88. The van der Waals surface area contributed by atoms with E-state index in [9.17, 15) is 4.79 Å². The Morgan fingerprint density at radius 1 is 1.21 bits per heavy atom. The smallest absolute Gasteiger partial charge is 0.220 e. The minimum atomic E-state index is 0.0904. The first-order chi connectivity index (χ1) is 11.7. The van der Waals surface area contributed by atoms with E-state index in [4.69, 9.17) is 11.6 Å². The van der Waals surface area contributed by atoms with E-state index in [1.165, 1.54) is 4.88 Å². The number of hydrogen-bond donors (Lipinski definition) is 1. The molecule has 0 radical (unpaired) electrons. The molecule has 1 N–H and O–H groups in total. The van der Waals surface area contributed by atoms with Gasteiger partial charge in [0.15, 0.2) is 0 Å². The van der Waals surface area contributed by atoms with Gasteiger partial charge in [-0.3, -0.25) is 9.69 Å². The summed E-state index contributed by atoms with van der Waals surface area (Å²) >= 11 is 8.08. The van der Waals surface area contributed by atoms with Crippen LogP contribution in [0.2, 0.25) is 5.02 Å². The highest BCUT2D eigenvalue weighted by molar-refractivity contribution is 7.09. The zero-order chi connectivity index (χ0) is 17.4. The minimum absolute atomic E-state index is 0.0904. The van der Waals surface area contributed by atoms with Gasteiger partial charge in [0.2, 0.25) is 5.91 Å². The summed E-state index contributed by atoms with van der Waals surface area (Å²) in [7, 11) is 0. The number of nitrogens with zero attached hydrogens (tertiary/aromatic N) is 1. The molecule has 0 fully saturated rings. The van der Waals surface area contributed by atoms with Crippen molar-refractivity contribution in [2.45, 2.75) is 32.7 Å². The van der Waals surface area contributed by atoms with Crippen molar-refractivity contribution in [3.05, 3.63) is 57.2 Å². The molecule has 130 valence electrons. The summed E-state index contributed by atoms with van der Waals surface area (Å²) in [6.07, 6.45) is 1.32. The number of rotatable bonds is 9. The Balaban J connectivity index is 1.98. The fourth-order valence-corrected chi connectivity index (χ4v) is 3.81. The summed E-state index contributed by atoms with van der Waals surface area (Å²) in [5.41, 5.74) is 1.07. The molecule has 2 aromatic rings. The van der Waals surface area contributed by atoms with Crippen LogP contribution in [0.1, 0.15) is 36.8 Å². The Labute approximate surface area is 153 Å². The van der Waals surface area contributed by atoms with Crippen molar-refractivity contribution in [3.8, 4) is 0 Å². The Bertz CT molecular complexity index is 626. The van der Waals surface area contributed by atoms with Crippen molar-refractivity contribution >= 4 is 28.8 Å². The van der Waals surface area contributed by atoms with E-state index in [2.05, 4.69) is 30.1 Å². The third-order valence-corrected chi connectivity index (χ3v) is 5.47. The van der Waals surface area contributed by atoms with Gasteiger partial charge in [-0.15, -0.1) is 11.3 Å². The number of nitrogens with one attached hydrogen (secondary N) is 1. The van der Waals surface area contributed by atoms with E-state index in [1.807, 2.05) is 35.7 Å². The molecule has 3 nitrogen and oxygen atoms in total. The molecule has 0 bridgehead atoms. The SMILES string of the molecule is CCN(CC)C(CNC(=O)CCc1cccs1)c1ccccc1Cl. The van der Waals surface area contributed by atoms with Crippen LogP contribution in [0.5, 0.6) is 0 Å². The molecule has 0 saturated carbocycles. The van der Waals surface area contributed by atoms with Gasteiger partial charge in [-0.1, -0.05) is 49.7 Å². The van der Waals surface area contributed by atoms with Crippen LogP contribution in [0.3, 0.4) is 0 Å². The second-order valence-electron chi connectivity index (χ2n) is 5.64. The fourth-order valence-electron chi connectivity index (χ4n) is 2.84. The van der Waals surface area contributed by atoms with Crippen LogP contribution in [0.25, 0.3) is 0 Å². The van der Waals surface area contributed by atoms with Crippen molar-refractivity contribution < 1.29 is 4.79 Å². The van der Waals surface area contributed by atoms with Crippen molar-refractivity contribution in [1.82, 2.24) is 10.2 Å². The van der Waals surface area contributed by atoms with Gasteiger partial charge in [-0.25, -0.2) is 0 Å². The minimum Gasteiger partial charge on any atom is -0.354 e. The third-order valence-electron chi connectivity index (χ3n) is 4.19. The Morgan fingerprint density at radius 2 is 1.96 bits per heavy atom. The molecule has 5 heteroatoms. The Kier molecular flexibility index (Phi) is 7.76. The highest BCUT2D eigenvalue weighted by Gasteiger charge is 2.20. The topological polar surface area (TPSA) is 32.3 Å². The molecule has 1 aromatic heterocycles. The maximum absolute atomic E-state index is 12.2. The molecule has 1 unspecified atom stereocenters. The van der Waals surface area contributed by atoms with E-state index in [0.29, 0.717) is 13.0 Å². The summed E-state index contributed by atoms with van der Waals surface area (Å²) in [6, 6.07) is 12.1. The van der Waals surface area contributed by atoms with Gasteiger partial charge < -0.3 is 5.32 Å². The molecule has 24 heavy (non-hydrogen) atoms. The molecule has 1 aromatic carbocycles. The number of amides is 1. The van der Waals surface area contributed by atoms with Gasteiger partial charge in [0.1, 0.15) is 0 Å². The quantitative estimate of drug-likeness (QED) is 0.708. The zero-order valence-corrected chi connectivity index (χ0v) is 15.9. The molecule has 1 amide bonds. The number of thiophene rings is 1. The highest BCUT2D eigenvalue weighted by Crippen LogP contribution is 2.27. The van der Waals surface area contributed by atoms with E-state index in [1.54, 1.807) is 11.3 Å². The van der Waals surface area contributed by atoms with Crippen molar-refractivity contribution in [1.29, 1.82) is 0 Å². The number of aryl methyl sites for hydroxylation is 1. The predicted molar refractivity (Wildman–Crippen MR) is 103 cm³/mol. The second kappa shape index (κ2) is 9.82. The highest BCUT2D eigenvalue weighted by atomic mass is 35.5. The van der Waals surface area contributed by atoms with Crippen LogP contribution >= 0.6 is 22.9 Å². The normalized spacial score (nSPS) is 12.3. The lowest BCUT2D eigenvalue weighted by Gasteiger charge is -2.31.